The van der Waals surface area contributed by atoms with E-state index in [4.69, 9.17) is 9.47 Å². The first-order valence-electron chi connectivity index (χ1n) is 7.98. The Kier molecular flexibility index (Phi) is 5.83. The van der Waals surface area contributed by atoms with Gasteiger partial charge in [-0.2, -0.15) is 0 Å². The number of ether oxygens (including phenoxy) is 2. The Morgan fingerprint density at radius 2 is 2.04 bits per heavy atom. The van der Waals surface area contributed by atoms with E-state index in [-0.39, 0.29) is 5.56 Å². The number of aromatic nitrogens is 1. The molecule has 3 aromatic rings. The molecule has 0 aliphatic carbocycles. The van der Waals surface area contributed by atoms with Gasteiger partial charge in [-0.05, 0) is 35.7 Å². The van der Waals surface area contributed by atoms with Crippen LogP contribution in [0.5, 0.6) is 5.75 Å². The Hall–Kier alpha value is -2.90. The van der Waals surface area contributed by atoms with Gasteiger partial charge in [0.25, 0.3) is 11.5 Å². The maximum Gasteiger partial charge on any atom is 0.261 e. The monoisotopic (exact) mass is 370 g/mol. The molecule has 2 aromatic heterocycles. The lowest BCUT2D eigenvalue weighted by Gasteiger charge is -2.09. The Balaban J connectivity index is 1.72. The molecule has 134 valence electrons. The van der Waals surface area contributed by atoms with E-state index in [9.17, 15) is 9.59 Å². The molecule has 0 atom stereocenters. The lowest BCUT2D eigenvalue weighted by molar-refractivity contribution is 0.102. The van der Waals surface area contributed by atoms with Gasteiger partial charge in [-0.3, -0.25) is 9.59 Å². The molecule has 0 saturated heterocycles. The van der Waals surface area contributed by atoms with E-state index in [1.165, 1.54) is 17.4 Å². The molecule has 0 aliphatic rings. The van der Waals surface area contributed by atoms with E-state index in [2.05, 4.69) is 10.3 Å². The molecule has 0 radical (unpaired) electrons. The zero-order valence-corrected chi connectivity index (χ0v) is 15.0. The topological polar surface area (TPSA) is 80.4 Å². The Morgan fingerprint density at radius 1 is 1.15 bits per heavy atom. The average Bonchev–Trinajstić information content (AvgIpc) is 3.17. The molecule has 1 amide bonds. The third kappa shape index (κ3) is 4.38. The van der Waals surface area contributed by atoms with E-state index in [0.717, 1.165) is 4.88 Å². The number of carbonyl (C=O) groups is 1. The van der Waals surface area contributed by atoms with Crippen LogP contribution in [0.25, 0.3) is 10.6 Å². The first-order valence-corrected chi connectivity index (χ1v) is 8.85. The number of aromatic amines is 1. The van der Waals surface area contributed by atoms with E-state index >= 15 is 0 Å². The van der Waals surface area contributed by atoms with Crippen molar-refractivity contribution < 1.29 is 14.3 Å². The van der Waals surface area contributed by atoms with Crippen LogP contribution >= 0.6 is 11.3 Å². The van der Waals surface area contributed by atoms with E-state index < -0.39 is 11.5 Å². The van der Waals surface area contributed by atoms with Crippen molar-refractivity contribution >= 4 is 22.9 Å². The van der Waals surface area contributed by atoms with Gasteiger partial charge in [0.15, 0.2) is 0 Å². The standard InChI is InChI=1S/C19H18N2O4S/c1-24-9-10-25-14-5-2-4-13(12-14)20-18(22)15-7-8-16(21-19(15)23)17-6-3-11-26-17/h2-8,11-12H,9-10H2,1H3,(H,20,22)(H,21,23). The molecule has 2 N–H and O–H groups in total. The minimum Gasteiger partial charge on any atom is -0.491 e. The number of amides is 1. The summed E-state index contributed by atoms with van der Waals surface area (Å²) < 4.78 is 10.4. The molecule has 0 aliphatic heterocycles. The first kappa shape index (κ1) is 17.9. The molecule has 26 heavy (non-hydrogen) atoms. The fourth-order valence-electron chi connectivity index (χ4n) is 2.33. The summed E-state index contributed by atoms with van der Waals surface area (Å²) in [6.45, 7) is 0.889. The van der Waals surface area contributed by atoms with Crippen molar-refractivity contribution in [1.82, 2.24) is 4.98 Å². The van der Waals surface area contributed by atoms with Crippen LogP contribution in [-0.4, -0.2) is 31.2 Å². The van der Waals surface area contributed by atoms with Crippen molar-refractivity contribution in [2.75, 3.05) is 25.6 Å². The highest BCUT2D eigenvalue weighted by Crippen LogP contribution is 2.22. The Morgan fingerprint density at radius 3 is 2.77 bits per heavy atom. The van der Waals surface area contributed by atoms with Crippen molar-refractivity contribution in [3.63, 3.8) is 0 Å². The van der Waals surface area contributed by atoms with Crippen LogP contribution in [-0.2, 0) is 4.74 Å². The van der Waals surface area contributed by atoms with Crippen molar-refractivity contribution in [1.29, 1.82) is 0 Å². The normalized spacial score (nSPS) is 10.5. The van der Waals surface area contributed by atoms with E-state index in [1.54, 1.807) is 37.4 Å². The lowest BCUT2D eigenvalue weighted by atomic mass is 10.2. The molecular weight excluding hydrogens is 352 g/mol. The van der Waals surface area contributed by atoms with Crippen molar-refractivity contribution in [2.24, 2.45) is 0 Å². The van der Waals surface area contributed by atoms with Crippen LogP contribution in [0.4, 0.5) is 5.69 Å². The molecule has 3 rings (SSSR count). The Labute approximate surface area is 154 Å². The molecule has 0 unspecified atom stereocenters. The molecular formula is C19H18N2O4S. The number of anilines is 1. The highest BCUT2D eigenvalue weighted by Gasteiger charge is 2.12. The zero-order valence-electron chi connectivity index (χ0n) is 14.2. The lowest BCUT2D eigenvalue weighted by Crippen LogP contribution is -2.23. The predicted octanol–water partition coefficient (Wildman–Crippen LogP) is 3.38. The van der Waals surface area contributed by atoms with Crippen LogP contribution in [0, 0.1) is 0 Å². The van der Waals surface area contributed by atoms with Crippen molar-refractivity contribution in [3.05, 3.63) is 69.8 Å². The zero-order chi connectivity index (χ0) is 18.4. The number of benzene rings is 1. The third-order valence-electron chi connectivity index (χ3n) is 3.59. The Bertz CT molecular complexity index is 935. The second-order valence-corrected chi connectivity index (χ2v) is 6.36. The fraction of sp³-hybridized carbons (Fsp3) is 0.158. The summed E-state index contributed by atoms with van der Waals surface area (Å²) >= 11 is 1.52. The smallest absolute Gasteiger partial charge is 0.261 e. The molecule has 0 fully saturated rings. The van der Waals surface area contributed by atoms with Gasteiger partial charge < -0.3 is 19.8 Å². The van der Waals surface area contributed by atoms with Gasteiger partial charge in [-0.25, -0.2) is 0 Å². The average molecular weight is 370 g/mol. The molecule has 0 saturated carbocycles. The van der Waals surface area contributed by atoms with Gasteiger partial charge in [0.05, 0.1) is 17.2 Å². The third-order valence-corrected chi connectivity index (χ3v) is 4.49. The molecule has 0 bridgehead atoms. The van der Waals surface area contributed by atoms with Crippen molar-refractivity contribution in [2.45, 2.75) is 0 Å². The van der Waals surface area contributed by atoms with Gasteiger partial charge in [0.1, 0.15) is 17.9 Å². The number of hydrogen-bond acceptors (Lipinski definition) is 5. The summed E-state index contributed by atoms with van der Waals surface area (Å²) in [6, 6.07) is 14.0. The minimum atomic E-state index is -0.474. The number of rotatable bonds is 7. The number of pyridine rings is 1. The molecule has 1 aromatic carbocycles. The van der Waals surface area contributed by atoms with Crippen LogP contribution in [0.15, 0.2) is 58.7 Å². The highest BCUT2D eigenvalue weighted by molar-refractivity contribution is 7.13. The van der Waals surface area contributed by atoms with Gasteiger partial charge in [-0.1, -0.05) is 12.1 Å². The SMILES string of the molecule is COCCOc1cccc(NC(=O)c2ccc(-c3cccs3)[nH]c2=O)c1. The fourth-order valence-corrected chi connectivity index (χ4v) is 3.04. The summed E-state index contributed by atoms with van der Waals surface area (Å²) in [5.74, 6) is 0.139. The quantitative estimate of drug-likeness (QED) is 0.625. The van der Waals surface area contributed by atoms with Crippen molar-refractivity contribution in [3.8, 4) is 16.3 Å². The number of hydrogen-bond donors (Lipinski definition) is 2. The largest absolute Gasteiger partial charge is 0.491 e. The van der Waals surface area contributed by atoms with Crippen LogP contribution in [0.1, 0.15) is 10.4 Å². The second-order valence-electron chi connectivity index (χ2n) is 5.42. The molecule has 2 heterocycles. The van der Waals surface area contributed by atoms with Crippen LogP contribution in [0.3, 0.4) is 0 Å². The van der Waals surface area contributed by atoms with Gasteiger partial charge in [0, 0.05) is 18.9 Å². The maximum atomic E-state index is 12.4. The summed E-state index contributed by atoms with van der Waals surface area (Å²) in [4.78, 5) is 28.4. The maximum absolute atomic E-state index is 12.4. The molecule has 0 spiro atoms. The summed E-state index contributed by atoms with van der Waals surface area (Å²) in [7, 11) is 1.60. The highest BCUT2D eigenvalue weighted by atomic mass is 32.1. The van der Waals surface area contributed by atoms with Gasteiger partial charge >= 0.3 is 0 Å². The van der Waals surface area contributed by atoms with Crippen LogP contribution < -0.4 is 15.6 Å². The van der Waals surface area contributed by atoms with Gasteiger partial charge in [-0.15, -0.1) is 11.3 Å². The summed E-state index contributed by atoms with van der Waals surface area (Å²) in [5, 5.41) is 4.64. The molecule has 7 heteroatoms. The predicted molar refractivity (Wildman–Crippen MR) is 102 cm³/mol. The minimum absolute atomic E-state index is 0.0519. The number of H-pyrrole nitrogens is 1. The number of nitrogens with one attached hydrogen (secondary N) is 2. The number of methoxy groups -OCH3 is 1. The second kappa shape index (κ2) is 8.46. The van der Waals surface area contributed by atoms with E-state index in [1.807, 2.05) is 17.5 Å². The van der Waals surface area contributed by atoms with Gasteiger partial charge in [0.2, 0.25) is 0 Å². The van der Waals surface area contributed by atoms with E-state index in [0.29, 0.717) is 30.3 Å². The first-order chi connectivity index (χ1) is 12.7. The number of thiophene rings is 1. The van der Waals surface area contributed by atoms with Crippen LogP contribution in [0.2, 0.25) is 0 Å². The summed E-state index contributed by atoms with van der Waals surface area (Å²) in [6.07, 6.45) is 0. The molecule has 6 nitrogen and oxygen atoms in total. The number of carbonyl (C=O) groups excluding carboxylic acids is 1. The summed E-state index contributed by atoms with van der Waals surface area (Å²) in [5.41, 5.74) is 0.860.